The van der Waals surface area contributed by atoms with Crippen LogP contribution in [0.4, 0.5) is 0 Å². The van der Waals surface area contributed by atoms with E-state index in [2.05, 4.69) is 5.32 Å². The molecule has 1 atom stereocenters. The van der Waals surface area contributed by atoms with Gasteiger partial charge < -0.3 is 15.5 Å². The number of carbonyl (C=O) groups is 2. The molecule has 0 fully saturated rings. The van der Waals surface area contributed by atoms with Gasteiger partial charge in [0.2, 0.25) is 0 Å². The third-order valence-electron chi connectivity index (χ3n) is 2.18. The number of allylic oxidation sites excluding steroid dienone is 1. The SMILES string of the molecule is CC(NC(C=O)=Cc1cc(Cl)ccc1O)C(=O)O. The first kappa shape index (κ1) is 14.1. The number of carbonyl (C=O) groups excluding carboxylic acids is 1. The topological polar surface area (TPSA) is 86.6 Å². The quantitative estimate of drug-likeness (QED) is 0.559. The molecule has 1 aromatic carbocycles. The van der Waals surface area contributed by atoms with Gasteiger partial charge in [-0.3, -0.25) is 9.59 Å². The van der Waals surface area contributed by atoms with Crippen LogP contribution < -0.4 is 5.32 Å². The van der Waals surface area contributed by atoms with Crippen LogP contribution in [0.25, 0.3) is 6.08 Å². The van der Waals surface area contributed by atoms with Gasteiger partial charge >= 0.3 is 5.97 Å². The summed E-state index contributed by atoms with van der Waals surface area (Å²) < 4.78 is 0. The van der Waals surface area contributed by atoms with E-state index in [4.69, 9.17) is 16.7 Å². The Labute approximate surface area is 109 Å². The van der Waals surface area contributed by atoms with Crippen LogP contribution in [0.3, 0.4) is 0 Å². The van der Waals surface area contributed by atoms with E-state index in [1.807, 2.05) is 0 Å². The zero-order chi connectivity index (χ0) is 13.7. The first-order valence-electron chi connectivity index (χ1n) is 5.08. The van der Waals surface area contributed by atoms with Crippen LogP contribution in [0.15, 0.2) is 23.9 Å². The molecule has 0 heterocycles. The Bertz CT molecular complexity index is 499. The molecule has 0 spiro atoms. The summed E-state index contributed by atoms with van der Waals surface area (Å²) in [5.41, 5.74) is 0.372. The predicted molar refractivity (Wildman–Crippen MR) is 67.4 cm³/mol. The van der Waals surface area contributed by atoms with E-state index in [1.54, 1.807) is 0 Å². The summed E-state index contributed by atoms with van der Waals surface area (Å²) in [6, 6.07) is 3.44. The largest absolute Gasteiger partial charge is 0.507 e. The second kappa shape index (κ2) is 6.07. The number of carboxylic acid groups (broad SMARTS) is 1. The van der Waals surface area contributed by atoms with Crippen molar-refractivity contribution in [1.29, 1.82) is 0 Å². The predicted octanol–water partition coefficient (Wildman–Crippen LogP) is 1.65. The maximum Gasteiger partial charge on any atom is 0.325 e. The number of nitrogens with one attached hydrogen (secondary N) is 1. The summed E-state index contributed by atoms with van der Waals surface area (Å²) in [6.45, 7) is 1.40. The second-order valence-electron chi connectivity index (χ2n) is 3.62. The Balaban J connectivity index is 3.00. The third kappa shape index (κ3) is 3.78. The lowest BCUT2D eigenvalue weighted by Crippen LogP contribution is -2.33. The van der Waals surface area contributed by atoms with E-state index in [9.17, 15) is 14.7 Å². The molecule has 0 aromatic heterocycles. The molecule has 0 bridgehead atoms. The molecule has 1 rings (SSSR count). The summed E-state index contributed by atoms with van der Waals surface area (Å²) in [7, 11) is 0. The van der Waals surface area contributed by atoms with Crippen LogP contribution in [0.5, 0.6) is 5.75 Å². The van der Waals surface area contributed by atoms with Crippen molar-refractivity contribution in [2.75, 3.05) is 0 Å². The summed E-state index contributed by atoms with van der Waals surface area (Å²) in [5, 5.41) is 21.2. The number of phenolic OH excluding ortho intramolecular Hbond substituents is 1. The summed E-state index contributed by atoms with van der Waals surface area (Å²) in [5.74, 6) is -1.14. The number of benzene rings is 1. The van der Waals surface area contributed by atoms with Crippen molar-refractivity contribution in [3.8, 4) is 5.75 Å². The van der Waals surface area contributed by atoms with Gasteiger partial charge in [-0.05, 0) is 31.2 Å². The number of hydrogen-bond donors (Lipinski definition) is 3. The Hall–Kier alpha value is -2.01. The molecule has 0 saturated heterocycles. The molecule has 6 heteroatoms. The van der Waals surface area contributed by atoms with Crippen molar-refractivity contribution in [3.63, 3.8) is 0 Å². The van der Waals surface area contributed by atoms with Gasteiger partial charge in [0.25, 0.3) is 0 Å². The fourth-order valence-electron chi connectivity index (χ4n) is 1.23. The molecular formula is C12H12ClNO4. The Kier molecular flexibility index (Phi) is 4.74. The molecule has 1 unspecified atom stereocenters. The molecule has 0 radical (unpaired) electrons. The molecule has 0 saturated carbocycles. The standard InChI is InChI=1S/C12H12ClNO4/c1-7(12(17)18)14-10(6-15)5-8-4-9(13)2-3-11(8)16/h2-7,14,16H,1H3,(H,17,18). The number of halogens is 1. The van der Waals surface area contributed by atoms with Crippen molar-refractivity contribution >= 4 is 29.9 Å². The summed E-state index contributed by atoms with van der Waals surface area (Å²) in [6.07, 6.45) is 1.80. The highest BCUT2D eigenvalue weighted by atomic mass is 35.5. The van der Waals surface area contributed by atoms with Gasteiger partial charge in [0.05, 0.1) is 5.70 Å². The van der Waals surface area contributed by atoms with Gasteiger partial charge in [0, 0.05) is 10.6 Å². The minimum Gasteiger partial charge on any atom is -0.507 e. The Morgan fingerprint density at radius 1 is 1.50 bits per heavy atom. The minimum absolute atomic E-state index is 0.0440. The van der Waals surface area contributed by atoms with Crippen LogP contribution in [0, 0.1) is 0 Å². The van der Waals surface area contributed by atoms with E-state index in [0.717, 1.165) is 0 Å². The first-order chi connectivity index (χ1) is 8.43. The minimum atomic E-state index is -1.09. The lowest BCUT2D eigenvalue weighted by atomic mass is 10.1. The van der Waals surface area contributed by atoms with Crippen LogP contribution in [-0.4, -0.2) is 28.5 Å². The third-order valence-corrected chi connectivity index (χ3v) is 2.42. The fourth-order valence-corrected chi connectivity index (χ4v) is 1.41. The molecule has 0 aliphatic heterocycles. The van der Waals surface area contributed by atoms with Crippen molar-refractivity contribution in [3.05, 3.63) is 34.5 Å². The molecule has 0 aliphatic carbocycles. The number of carboxylic acids is 1. The van der Waals surface area contributed by atoms with Gasteiger partial charge in [-0.2, -0.15) is 0 Å². The number of hydrogen-bond acceptors (Lipinski definition) is 4. The molecule has 18 heavy (non-hydrogen) atoms. The van der Waals surface area contributed by atoms with Gasteiger partial charge in [-0.25, -0.2) is 0 Å². The normalized spacial score (nSPS) is 12.9. The maximum atomic E-state index is 10.8. The highest BCUT2D eigenvalue weighted by Gasteiger charge is 2.11. The Morgan fingerprint density at radius 3 is 2.72 bits per heavy atom. The van der Waals surface area contributed by atoms with Gasteiger partial charge in [0.1, 0.15) is 11.8 Å². The summed E-state index contributed by atoms with van der Waals surface area (Å²) in [4.78, 5) is 21.5. The van der Waals surface area contributed by atoms with Crippen molar-refractivity contribution < 1.29 is 19.8 Å². The monoisotopic (exact) mass is 269 g/mol. The molecule has 0 amide bonds. The maximum absolute atomic E-state index is 10.8. The lowest BCUT2D eigenvalue weighted by molar-refractivity contribution is -0.138. The average Bonchev–Trinajstić information content (AvgIpc) is 2.32. The molecular weight excluding hydrogens is 258 g/mol. The van der Waals surface area contributed by atoms with E-state index in [-0.39, 0.29) is 11.4 Å². The number of aldehydes is 1. The molecule has 0 aliphatic rings. The zero-order valence-electron chi connectivity index (χ0n) is 9.55. The number of phenols is 1. The number of aromatic hydroxyl groups is 1. The first-order valence-corrected chi connectivity index (χ1v) is 5.46. The van der Waals surface area contributed by atoms with E-state index in [1.165, 1.54) is 31.2 Å². The van der Waals surface area contributed by atoms with E-state index < -0.39 is 12.0 Å². The lowest BCUT2D eigenvalue weighted by Gasteiger charge is -2.10. The van der Waals surface area contributed by atoms with Crippen LogP contribution in [0.1, 0.15) is 12.5 Å². The highest BCUT2D eigenvalue weighted by Crippen LogP contribution is 2.23. The van der Waals surface area contributed by atoms with Crippen molar-refractivity contribution in [2.45, 2.75) is 13.0 Å². The second-order valence-corrected chi connectivity index (χ2v) is 4.06. The van der Waals surface area contributed by atoms with Crippen LogP contribution in [0.2, 0.25) is 5.02 Å². The zero-order valence-corrected chi connectivity index (χ0v) is 10.3. The molecule has 1 aromatic rings. The van der Waals surface area contributed by atoms with Crippen molar-refractivity contribution in [1.82, 2.24) is 5.32 Å². The smallest absolute Gasteiger partial charge is 0.325 e. The van der Waals surface area contributed by atoms with Gasteiger partial charge in [0.15, 0.2) is 6.29 Å². The van der Waals surface area contributed by atoms with E-state index >= 15 is 0 Å². The van der Waals surface area contributed by atoms with Gasteiger partial charge in [-0.1, -0.05) is 11.6 Å². The van der Waals surface area contributed by atoms with E-state index in [0.29, 0.717) is 16.9 Å². The molecule has 5 nitrogen and oxygen atoms in total. The summed E-state index contributed by atoms with van der Waals surface area (Å²) >= 11 is 5.76. The molecule has 3 N–H and O–H groups in total. The fraction of sp³-hybridized carbons (Fsp3) is 0.167. The average molecular weight is 270 g/mol. The van der Waals surface area contributed by atoms with Crippen molar-refractivity contribution in [2.24, 2.45) is 0 Å². The number of aliphatic carboxylic acids is 1. The number of rotatable bonds is 5. The molecule has 96 valence electrons. The van der Waals surface area contributed by atoms with Gasteiger partial charge in [-0.15, -0.1) is 0 Å². The van der Waals surface area contributed by atoms with Crippen LogP contribution in [-0.2, 0) is 9.59 Å². The highest BCUT2D eigenvalue weighted by molar-refractivity contribution is 6.30. The van der Waals surface area contributed by atoms with Crippen LogP contribution >= 0.6 is 11.6 Å². The Morgan fingerprint density at radius 2 is 2.17 bits per heavy atom.